The summed E-state index contributed by atoms with van der Waals surface area (Å²) in [5, 5.41) is 0. The molecule has 0 amide bonds. The fourth-order valence-electron chi connectivity index (χ4n) is 3.41. The molecule has 0 aromatic heterocycles. The first-order valence-electron chi connectivity index (χ1n) is 12.2. The van der Waals surface area contributed by atoms with Crippen LogP contribution in [0.2, 0.25) is 78.6 Å². The van der Waals surface area contributed by atoms with Crippen molar-refractivity contribution < 1.29 is 32.0 Å². The van der Waals surface area contributed by atoms with Crippen LogP contribution in [0.4, 0.5) is 0 Å². The van der Waals surface area contributed by atoms with Crippen molar-refractivity contribution in [1.29, 1.82) is 0 Å². The summed E-state index contributed by atoms with van der Waals surface area (Å²) < 4.78 is 38.6. The molecule has 1 heterocycles. The van der Waals surface area contributed by atoms with Crippen LogP contribution < -0.4 is 0 Å². The predicted octanol–water partition coefficient (Wildman–Crippen LogP) is 5.56. The minimum Gasteiger partial charge on any atom is -0.518 e. The molecule has 1 aliphatic rings. The largest absolute Gasteiger partial charge is 0.518 e. The number of rotatable bonds is 11. The van der Waals surface area contributed by atoms with Gasteiger partial charge in [0, 0.05) is 0 Å². The van der Waals surface area contributed by atoms with Crippen LogP contribution in [0.15, 0.2) is 0 Å². The molecule has 6 atom stereocenters. The molecule has 1 rings (SSSR count). The number of ether oxygens (including phenoxy) is 2. The Hall–Kier alpha value is 0.138. The first kappa shape index (κ1) is 31.2. The molecule has 0 saturated carbocycles. The van der Waals surface area contributed by atoms with Crippen LogP contribution >= 0.6 is 0 Å². The lowest BCUT2D eigenvalue weighted by Gasteiger charge is -2.50. The fraction of sp³-hybridized carbons (Fsp3) is 0.955. The number of carbonyl (C=O) groups excluding carboxylic acids is 1. The van der Waals surface area contributed by atoms with Gasteiger partial charge in [-0.1, -0.05) is 6.92 Å². The van der Waals surface area contributed by atoms with Gasteiger partial charge in [-0.15, -0.1) is 0 Å². The maximum atomic E-state index is 13.4. The van der Waals surface area contributed by atoms with Gasteiger partial charge in [-0.05, 0) is 91.9 Å². The van der Waals surface area contributed by atoms with E-state index in [1.807, 2.05) is 26.6 Å². The zero-order valence-electron chi connectivity index (χ0n) is 23.5. The van der Waals surface area contributed by atoms with Gasteiger partial charge in [0.1, 0.15) is 18.3 Å². The van der Waals surface area contributed by atoms with Crippen molar-refractivity contribution in [3.05, 3.63) is 0 Å². The topological polar surface area (TPSA) is 72.5 Å². The highest BCUT2D eigenvalue weighted by atomic mass is 28.4. The van der Waals surface area contributed by atoms with E-state index in [0.717, 1.165) is 6.42 Å². The summed E-state index contributed by atoms with van der Waals surface area (Å²) in [6.07, 6.45) is -2.51. The normalized spacial score (nSPS) is 28.5. The smallest absolute Gasteiger partial charge is 0.324 e. The Morgan fingerprint density at radius 2 is 1.15 bits per heavy atom. The molecule has 0 aromatic carbocycles. The quantitative estimate of drug-likeness (QED) is 0.319. The fourth-order valence-corrected chi connectivity index (χ4v) is 7.35. The zero-order chi connectivity index (χ0) is 26.0. The molecule has 7 nitrogen and oxygen atoms in total. The maximum absolute atomic E-state index is 13.4. The van der Waals surface area contributed by atoms with Gasteiger partial charge in [-0.3, -0.25) is 4.79 Å². The average molecular weight is 539 g/mol. The van der Waals surface area contributed by atoms with Gasteiger partial charge in [-0.25, -0.2) is 0 Å². The Balaban J connectivity index is 3.59. The molecule has 0 bridgehead atoms. The summed E-state index contributed by atoms with van der Waals surface area (Å²) in [4.78, 5) is 13.4. The Morgan fingerprint density at radius 1 is 0.727 bits per heavy atom. The molecule has 0 spiro atoms. The van der Waals surface area contributed by atoms with Gasteiger partial charge >= 0.3 is 5.97 Å². The van der Waals surface area contributed by atoms with Crippen molar-refractivity contribution in [2.75, 3.05) is 0 Å². The Labute approximate surface area is 206 Å². The molecule has 1 saturated heterocycles. The van der Waals surface area contributed by atoms with Crippen LogP contribution in [0.3, 0.4) is 0 Å². The molecule has 1 aliphatic heterocycles. The van der Waals surface area contributed by atoms with E-state index >= 15 is 0 Å². The van der Waals surface area contributed by atoms with Gasteiger partial charge < -0.3 is 27.2 Å². The van der Waals surface area contributed by atoms with Gasteiger partial charge in [0.15, 0.2) is 37.3 Å². The Morgan fingerprint density at radius 3 is 1.55 bits per heavy atom. The summed E-state index contributed by atoms with van der Waals surface area (Å²) in [5.41, 5.74) is 0. The second-order valence-corrected chi connectivity index (χ2v) is 30.7. The molecule has 0 N–H and O–H groups in total. The number of carbonyl (C=O) groups is 1. The van der Waals surface area contributed by atoms with Crippen molar-refractivity contribution in [3.8, 4) is 0 Å². The SMILES string of the molecule is CC[C@H](C)OC1OC(C(=O)O[Si](C)(C)C)C(O[Si](C)(C)C)C(O[Si](C)(C)C)C1O[Si](C)(C)C. The van der Waals surface area contributed by atoms with Crippen LogP contribution in [-0.4, -0.2) is 76.0 Å². The van der Waals surface area contributed by atoms with Crippen LogP contribution in [0.5, 0.6) is 0 Å². The van der Waals surface area contributed by atoms with E-state index in [-0.39, 0.29) is 6.10 Å². The summed E-state index contributed by atoms with van der Waals surface area (Å²) >= 11 is 0. The molecule has 0 radical (unpaired) electrons. The lowest BCUT2D eigenvalue weighted by Crippen LogP contribution is -2.67. The molecule has 0 aromatic rings. The summed E-state index contributed by atoms with van der Waals surface area (Å²) in [5.74, 6) is -0.397. The molecule has 33 heavy (non-hydrogen) atoms. The van der Waals surface area contributed by atoms with Crippen molar-refractivity contribution >= 4 is 39.2 Å². The van der Waals surface area contributed by atoms with Crippen LogP contribution in [0.1, 0.15) is 20.3 Å². The lowest BCUT2D eigenvalue weighted by molar-refractivity contribution is -0.293. The van der Waals surface area contributed by atoms with E-state index in [1.165, 1.54) is 0 Å². The predicted molar refractivity (Wildman–Crippen MR) is 144 cm³/mol. The monoisotopic (exact) mass is 538 g/mol. The highest BCUT2D eigenvalue weighted by Crippen LogP contribution is 2.35. The third-order valence-corrected chi connectivity index (χ3v) is 8.30. The number of hydrogen-bond donors (Lipinski definition) is 0. The molecule has 1 fully saturated rings. The van der Waals surface area contributed by atoms with E-state index in [1.54, 1.807) is 0 Å². The van der Waals surface area contributed by atoms with Gasteiger partial charge in [-0.2, -0.15) is 0 Å². The minimum atomic E-state index is -2.15. The number of hydrogen-bond acceptors (Lipinski definition) is 7. The minimum absolute atomic E-state index is 0.0570. The van der Waals surface area contributed by atoms with E-state index < -0.39 is 69.9 Å². The molecule has 196 valence electrons. The van der Waals surface area contributed by atoms with Crippen molar-refractivity contribution in [2.24, 2.45) is 0 Å². The summed E-state index contributed by atoms with van der Waals surface area (Å²) in [6.45, 7) is 29.2. The van der Waals surface area contributed by atoms with Crippen molar-refractivity contribution in [1.82, 2.24) is 0 Å². The van der Waals surface area contributed by atoms with Crippen molar-refractivity contribution in [3.63, 3.8) is 0 Å². The third kappa shape index (κ3) is 11.6. The maximum Gasteiger partial charge on any atom is 0.324 e. The summed E-state index contributed by atoms with van der Waals surface area (Å²) in [7, 11) is -8.30. The summed E-state index contributed by atoms with van der Waals surface area (Å²) in [6, 6.07) is 0. The van der Waals surface area contributed by atoms with Crippen LogP contribution in [-0.2, 0) is 32.0 Å². The third-order valence-electron chi connectivity index (χ3n) is 4.54. The van der Waals surface area contributed by atoms with Crippen molar-refractivity contribution in [2.45, 2.75) is 136 Å². The first-order chi connectivity index (χ1) is 14.6. The van der Waals surface area contributed by atoms with Gasteiger partial charge in [0.05, 0.1) is 6.10 Å². The Kier molecular flexibility index (Phi) is 10.8. The second-order valence-electron chi connectivity index (χ2n) is 12.9. The highest BCUT2D eigenvalue weighted by molar-refractivity contribution is 6.71. The average Bonchev–Trinajstić information content (AvgIpc) is 2.54. The second kappa shape index (κ2) is 11.5. The highest BCUT2D eigenvalue weighted by Gasteiger charge is 2.55. The van der Waals surface area contributed by atoms with Crippen LogP contribution in [0, 0.1) is 0 Å². The lowest BCUT2D eigenvalue weighted by atomic mass is 9.99. The van der Waals surface area contributed by atoms with E-state index in [2.05, 4.69) is 65.8 Å². The van der Waals surface area contributed by atoms with E-state index in [0.29, 0.717) is 0 Å². The first-order valence-corrected chi connectivity index (χ1v) is 25.8. The van der Waals surface area contributed by atoms with Gasteiger partial charge in [0.2, 0.25) is 8.32 Å². The molecule has 5 unspecified atom stereocenters. The molecule has 11 heteroatoms. The zero-order valence-corrected chi connectivity index (χ0v) is 27.5. The Bertz CT molecular complexity index is 635. The van der Waals surface area contributed by atoms with E-state index in [4.69, 9.17) is 27.2 Å². The van der Waals surface area contributed by atoms with E-state index in [9.17, 15) is 4.79 Å². The van der Waals surface area contributed by atoms with Crippen LogP contribution in [0.25, 0.3) is 0 Å². The molecular formula is C22H50O7Si4. The standard InChI is InChI=1S/C22H50O7Si4/c1-15-16(2)24-22-20(28-32(9,10)11)18(27-31(6,7)8)17(26-30(3,4)5)19(25-22)21(23)29-33(12,13)14/h16-20,22H,15H2,1-14H3/t16-,17?,18?,19?,20?,22?/m0/s1. The van der Waals surface area contributed by atoms with Gasteiger partial charge in [0.25, 0.3) is 0 Å². The molecular weight excluding hydrogens is 489 g/mol. The molecule has 0 aliphatic carbocycles.